The van der Waals surface area contributed by atoms with Crippen LogP contribution in [0.25, 0.3) is 0 Å². The lowest BCUT2D eigenvalue weighted by Gasteiger charge is -2.23. The number of anilines is 2. The molecule has 1 atom stereocenters. The number of rotatable bonds is 4. The Labute approximate surface area is 168 Å². The van der Waals surface area contributed by atoms with Crippen molar-refractivity contribution in [2.75, 3.05) is 11.7 Å². The molecule has 1 aromatic heterocycles. The van der Waals surface area contributed by atoms with Crippen LogP contribution in [0, 0.1) is 0 Å². The van der Waals surface area contributed by atoms with Crippen LogP contribution in [0.3, 0.4) is 0 Å². The van der Waals surface area contributed by atoms with Gasteiger partial charge in [0, 0.05) is 24.3 Å². The van der Waals surface area contributed by atoms with Crippen molar-refractivity contribution in [1.29, 1.82) is 0 Å². The van der Waals surface area contributed by atoms with Crippen molar-refractivity contribution in [3.63, 3.8) is 0 Å². The van der Waals surface area contributed by atoms with Crippen molar-refractivity contribution in [2.45, 2.75) is 25.9 Å². The van der Waals surface area contributed by atoms with E-state index in [0.29, 0.717) is 18.0 Å². The van der Waals surface area contributed by atoms with Crippen LogP contribution in [0.4, 0.5) is 11.5 Å². The smallest absolute Gasteiger partial charge is 0.270 e. The molecule has 0 fully saturated rings. The number of hydrogen-bond acceptors (Lipinski definition) is 6. The maximum atomic E-state index is 12.7. The van der Waals surface area contributed by atoms with Crippen molar-refractivity contribution in [1.82, 2.24) is 15.3 Å². The van der Waals surface area contributed by atoms with Crippen LogP contribution in [0.5, 0.6) is 11.5 Å². The second kappa shape index (κ2) is 7.09. The molecule has 2 aromatic carbocycles. The third-order valence-electron chi connectivity index (χ3n) is 5.23. The summed E-state index contributed by atoms with van der Waals surface area (Å²) in [5.41, 5.74) is 3.68. The first kappa shape index (κ1) is 17.5. The number of carbonyl (C=O) groups is 1. The zero-order valence-electron chi connectivity index (χ0n) is 16.0. The molecule has 1 N–H and O–H groups in total. The number of amides is 1. The van der Waals surface area contributed by atoms with Gasteiger partial charge in [-0.3, -0.25) is 4.79 Å². The van der Waals surface area contributed by atoms with Crippen molar-refractivity contribution < 1.29 is 14.3 Å². The molecule has 2 aliphatic rings. The summed E-state index contributed by atoms with van der Waals surface area (Å²) in [6, 6.07) is 15.9. The van der Waals surface area contributed by atoms with Gasteiger partial charge in [-0.2, -0.15) is 0 Å². The molecule has 0 bridgehead atoms. The number of carbonyl (C=O) groups excluding carboxylic acids is 1. The fourth-order valence-electron chi connectivity index (χ4n) is 3.84. The average molecular weight is 388 g/mol. The van der Waals surface area contributed by atoms with Gasteiger partial charge in [-0.05, 0) is 42.7 Å². The van der Waals surface area contributed by atoms with E-state index in [4.69, 9.17) is 9.47 Å². The fraction of sp³-hybridized carbons (Fsp3) is 0.227. The summed E-state index contributed by atoms with van der Waals surface area (Å²) in [5.74, 6) is 1.90. The highest BCUT2D eigenvalue weighted by atomic mass is 16.7. The maximum Gasteiger partial charge on any atom is 0.270 e. The summed E-state index contributed by atoms with van der Waals surface area (Å²) in [5, 5.41) is 2.91. The van der Waals surface area contributed by atoms with Gasteiger partial charge >= 0.3 is 0 Å². The number of benzene rings is 2. The summed E-state index contributed by atoms with van der Waals surface area (Å²) in [6.45, 7) is 2.76. The van der Waals surface area contributed by atoms with Crippen LogP contribution < -0.4 is 19.7 Å². The van der Waals surface area contributed by atoms with Crippen LogP contribution >= 0.6 is 0 Å². The molecule has 1 amide bonds. The maximum absolute atomic E-state index is 12.7. The Bertz CT molecular complexity index is 1090. The Hall–Kier alpha value is -3.61. The third kappa shape index (κ3) is 3.24. The van der Waals surface area contributed by atoms with E-state index in [9.17, 15) is 4.79 Å². The Morgan fingerprint density at radius 1 is 1.14 bits per heavy atom. The molecule has 5 rings (SSSR count). The molecule has 0 radical (unpaired) electrons. The first-order chi connectivity index (χ1) is 14.2. The third-order valence-corrected chi connectivity index (χ3v) is 5.23. The summed E-state index contributed by atoms with van der Waals surface area (Å²) in [4.78, 5) is 23.4. The van der Waals surface area contributed by atoms with Crippen LogP contribution in [-0.2, 0) is 13.0 Å². The molecule has 3 aromatic rings. The Balaban J connectivity index is 1.33. The van der Waals surface area contributed by atoms with E-state index in [1.165, 1.54) is 11.9 Å². The number of aromatic nitrogens is 2. The van der Waals surface area contributed by atoms with Gasteiger partial charge in [0.25, 0.3) is 5.91 Å². The lowest BCUT2D eigenvalue weighted by atomic mass is 10.1. The SMILES string of the molecule is CC1Cc2ccccc2N1c1cc(C(=O)NCc2ccc3c(c2)OCO3)ncn1. The zero-order valence-corrected chi connectivity index (χ0v) is 16.0. The van der Waals surface area contributed by atoms with Gasteiger partial charge in [-0.25, -0.2) is 9.97 Å². The van der Waals surface area contributed by atoms with Gasteiger partial charge in [0.15, 0.2) is 11.5 Å². The van der Waals surface area contributed by atoms with Crippen LogP contribution in [0.15, 0.2) is 54.9 Å². The first-order valence-electron chi connectivity index (χ1n) is 9.55. The van der Waals surface area contributed by atoms with Gasteiger partial charge in [0.05, 0.1) is 0 Å². The second-order valence-corrected chi connectivity index (χ2v) is 7.18. The molecule has 0 saturated heterocycles. The summed E-state index contributed by atoms with van der Waals surface area (Å²) in [6.07, 6.45) is 2.39. The number of ether oxygens (including phenoxy) is 2. The summed E-state index contributed by atoms with van der Waals surface area (Å²) in [7, 11) is 0. The van der Waals surface area contributed by atoms with E-state index < -0.39 is 0 Å². The number of nitrogens with zero attached hydrogens (tertiary/aromatic N) is 3. The van der Waals surface area contributed by atoms with E-state index in [1.807, 2.05) is 30.3 Å². The molecule has 29 heavy (non-hydrogen) atoms. The lowest BCUT2D eigenvalue weighted by Crippen LogP contribution is -2.27. The minimum absolute atomic E-state index is 0.229. The van der Waals surface area contributed by atoms with Crippen LogP contribution in [-0.4, -0.2) is 28.7 Å². The topological polar surface area (TPSA) is 76.6 Å². The summed E-state index contributed by atoms with van der Waals surface area (Å²) < 4.78 is 10.7. The zero-order chi connectivity index (χ0) is 19.8. The van der Waals surface area contributed by atoms with Gasteiger partial charge in [-0.15, -0.1) is 0 Å². The molecule has 7 nitrogen and oxygen atoms in total. The monoisotopic (exact) mass is 388 g/mol. The number of para-hydroxylation sites is 1. The fourth-order valence-corrected chi connectivity index (χ4v) is 3.84. The molecule has 0 spiro atoms. The minimum Gasteiger partial charge on any atom is -0.454 e. The lowest BCUT2D eigenvalue weighted by molar-refractivity contribution is 0.0945. The van der Waals surface area contributed by atoms with Gasteiger partial charge in [0.1, 0.15) is 17.8 Å². The summed E-state index contributed by atoms with van der Waals surface area (Å²) >= 11 is 0. The largest absolute Gasteiger partial charge is 0.454 e. The quantitative estimate of drug-likeness (QED) is 0.740. The molecule has 1 unspecified atom stereocenters. The van der Waals surface area contributed by atoms with E-state index in [-0.39, 0.29) is 18.7 Å². The number of fused-ring (bicyclic) bond motifs is 2. The molecular weight excluding hydrogens is 368 g/mol. The predicted molar refractivity (Wildman–Crippen MR) is 108 cm³/mol. The molecule has 7 heteroatoms. The highest BCUT2D eigenvalue weighted by Gasteiger charge is 2.28. The molecule has 0 aliphatic carbocycles. The predicted octanol–water partition coefficient (Wildman–Crippen LogP) is 3.22. The van der Waals surface area contributed by atoms with Crippen molar-refractivity contribution in [2.24, 2.45) is 0 Å². The molecule has 3 heterocycles. The van der Waals surface area contributed by atoms with Crippen molar-refractivity contribution >= 4 is 17.4 Å². The second-order valence-electron chi connectivity index (χ2n) is 7.18. The van der Waals surface area contributed by atoms with E-state index in [2.05, 4.69) is 39.2 Å². The first-order valence-corrected chi connectivity index (χ1v) is 9.55. The van der Waals surface area contributed by atoms with Crippen molar-refractivity contribution in [3.05, 3.63) is 71.7 Å². The highest BCUT2D eigenvalue weighted by molar-refractivity contribution is 5.93. The molecule has 2 aliphatic heterocycles. The Morgan fingerprint density at radius 3 is 2.93 bits per heavy atom. The van der Waals surface area contributed by atoms with Crippen LogP contribution in [0.2, 0.25) is 0 Å². The molecule has 146 valence electrons. The number of nitrogens with one attached hydrogen (secondary N) is 1. The van der Waals surface area contributed by atoms with Gasteiger partial charge < -0.3 is 19.7 Å². The minimum atomic E-state index is -0.244. The highest BCUT2D eigenvalue weighted by Crippen LogP contribution is 2.37. The normalized spacial score (nSPS) is 16.6. The Kier molecular flexibility index (Phi) is 4.27. The van der Waals surface area contributed by atoms with Crippen molar-refractivity contribution in [3.8, 4) is 11.5 Å². The Morgan fingerprint density at radius 2 is 2.00 bits per heavy atom. The average Bonchev–Trinajstić information content (AvgIpc) is 3.34. The van der Waals surface area contributed by atoms with Gasteiger partial charge in [-0.1, -0.05) is 24.3 Å². The molecular formula is C22H20N4O3. The van der Waals surface area contributed by atoms with E-state index >= 15 is 0 Å². The van der Waals surface area contributed by atoms with E-state index in [0.717, 1.165) is 29.2 Å². The standard InChI is InChI=1S/C22H20N4O3/c1-14-8-16-4-2-3-5-18(16)26(14)21-10-17(24-12-25-21)22(27)23-11-15-6-7-19-20(9-15)29-13-28-19/h2-7,9-10,12,14H,8,11,13H2,1H3,(H,23,27). The number of hydrogen-bond donors (Lipinski definition) is 1. The van der Waals surface area contributed by atoms with E-state index in [1.54, 1.807) is 6.07 Å². The molecule has 0 saturated carbocycles. The van der Waals surface area contributed by atoms with Gasteiger partial charge in [0.2, 0.25) is 6.79 Å². The van der Waals surface area contributed by atoms with Crippen LogP contribution in [0.1, 0.15) is 28.5 Å².